The Bertz CT molecular complexity index is 408. The summed E-state index contributed by atoms with van der Waals surface area (Å²) in [6, 6.07) is 11.5. The Morgan fingerprint density at radius 3 is 2.71 bits per heavy atom. The summed E-state index contributed by atoms with van der Waals surface area (Å²) in [6.07, 6.45) is 4.09. The molecule has 0 aliphatic carbocycles. The Hall–Kier alpha value is -1.74. The SMILES string of the molecule is OC(CCOc1ccccc1)Cc1ccoc1. The molecule has 90 valence electrons. The van der Waals surface area contributed by atoms with Gasteiger partial charge in [0.2, 0.25) is 0 Å². The molecule has 0 amide bonds. The van der Waals surface area contributed by atoms with E-state index >= 15 is 0 Å². The van der Waals surface area contributed by atoms with Crippen LogP contribution in [0, 0.1) is 0 Å². The molecule has 0 fully saturated rings. The average Bonchev–Trinajstić information content (AvgIpc) is 2.83. The van der Waals surface area contributed by atoms with Crippen molar-refractivity contribution in [3.8, 4) is 5.75 Å². The number of ether oxygens (including phenoxy) is 1. The molecule has 3 nitrogen and oxygen atoms in total. The largest absolute Gasteiger partial charge is 0.493 e. The lowest BCUT2D eigenvalue weighted by Crippen LogP contribution is -2.14. The average molecular weight is 232 g/mol. The summed E-state index contributed by atoms with van der Waals surface area (Å²) in [5.74, 6) is 0.836. The van der Waals surface area contributed by atoms with Gasteiger partial charge in [-0.05, 0) is 23.8 Å². The molecule has 0 saturated carbocycles. The summed E-state index contributed by atoms with van der Waals surface area (Å²) in [5.41, 5.74) is 1.01. The predicted octanol–water partition coefficient (Wildman–Crippen LogP) is 2.65. The molecule has 1 heterocycles. The van der Waals surface area contributed by atoms with Gasteiger partial charge in [-0.25, -0.2) is 0 Å². The first kappa shape index (κ1) is 11.7. The third-order valence-electron chi connectivity index (χ3n) is 2.51. The summed E-state index contributed by atoms with van der Waals surface area (Å²) < 4.78 is 10.5. The second-order valence-corrected chi connectivity index (χ2v) is 3.94. The lowest BCUT2D eigenvalue weighted by molar-refractivity contribution is 0.139. The lowest BCUT2D eigenvalue weighted by atomic mass is 10.1. The summed E-state index contributed by atoms with van der Waals surface area (Å²) in [6.45, 7) is 0.517. The summed E-state index contributed by atoms with van der Waals surface area (Å²) >= 11 is 0. The van der Waals surface area contributed by atoms with Gasteiger partial charge in [-0.15, -0.1) is 0 Å². The molecule has 17 heavy (non-hydrogen) atoms. The van der Waals surface area contributed by atoms with Crippen molar-refractivity contribution in [2.45, 2.75) is 18.9 Å². The number of furan rings is 1. The van der Waals surface area contributed by atoms with Crippen LogP contribution in [0.5, 0.6) is 5.75 Å². The number of hydrogen-bond acceptors (Lipinski definition) is 3. The maximum atomic E-state index is 9.78. The normalized spacial score (nSPS) is 12.3. The van der Waals surface area contributed by atoms with Crippen LogP contribution in [0.15, 0.2) is 53.3 Å². The smallest absolute Gasteiger partial charge is 0.119 e. The highest BCUT2D eigenvalue weighted by Crippen LogP contribution is 2.10. The number of benzene rings is 1. The molecule has 0 saturated heterocycles. The number of para-hydroxylation sites is 1. The number of hydrogen-bond donors (Lipinski definition) is 1. The second kappa shape index (κ2) is 6.11. The predicted molar refractivity (Wildman–Crippen MR) is 65.0 cm³/mol. The highest BCUT2D eigenvalue weighted by molar-refractivity contribution is 5.20. The third-order valence-corrected chi connectivity index (χ3v) is 2.51. The van der Waals surface area contributed by atoms with Crippen molar-refractivity contribution >= 4 is 0 Å². The maximum Gasteiger partial charge on any atom is 0.119 e. The molecule has 2 aromatic rings. The molecule has 2 rings (SSSR count). The van der Waals surface area contributed by atoms with Crippen molar-refractivity contribution in [2.24, 2.45) is 0 Å². The fourth-order valence-electron chi connectivity index (χ4n) is 1.61. The quantitative estimate of drug-likeness (QED) is 0.832. The molecule has 0 aliphatic heterocycles. The molecule has 1 N–H and O–H groups in total. The first-order valence-electron chi connectivity index (χ1n) is 5.71. The van der Waals surface area contributed by atoms with Crippen molar-refractivity contribution in [3.63, 3.8) is 0 Å². The Morgan fingerprint density at radius 2 is 2.00 bits per heavy atom. The zero-order valence-electron chi connectivity index (χ0n) is 9.58. The minimum absolute atomic E-state index is 0.392. The molecule has 0 aliphatic rings. The first-order chi connectivity index (χ1) is 8.34. The van der Waals surface area contributed by atoms with Crippen LogP contribution >= 0.6 is 0 Å². The molecule has 1 aromatic heterocycles. The molecule has 3 heteroatoms. The summed E-state index contributed by atoms with van der Waals surface area (Å²) in [4.78, 5) is 0. The van der Waals surface area contributed by atoms with Crippen LogP contribution < -0.4 is 4.74 Å². The molecular formula is C14H16O3. The van der Waals surface area contributed by atoms with Crippen LogP contribution in [0.4, 0.5) is 0 Å². The van der Waals surface area contributed by atoms with Crippen molar-refractivity contribution in [2.75, 3.05) is 6.61 Å². The van der Waals surface area contributed by atoms with E-state index in [4.69, 9.17) is 9.15 Å². The Morgan fingerprint density at radius 1 is 1.18 bits per heavy atom. The van der Waals surface area contributed by atoms with Gasteiger partial charge in [0.25, 0.3) is 0 Å². The first-order valence-corrected chi connectivity index (χ1v) is 5.71. The van der Waals surface area contributed by atoms with E-state index in [0.29, 0.717) is 19.4 Å². The van der Waals surface area contributed by atoms with Gasteiger partial charge in [-0.3, -0.25) is 0 Å². The van der Waals surface area contributed by atoms with E-state index in [1.807, 2.05) is 36.4 Å². The maximum absolute atomic E-state index is 9.78. The molecule has 1 aromatic carbocycles. The topological polar surface area (TPSA) is 42.6 Å². The molecular weight excluding hydrogens is 216 g/mol. The Balaban J connectivity index is 1.68. The zero-order chi connectivity index (χ0) is 11.9. The van der Waals surface area contributed by atoms with Gasteiger partial charge in [-0.2, -0.15) is 0 Å². The molecule has 0 spiro atoms. The fraction of sp³-hybridized carbons (Fsp3) is 0.286. The van der Waals surface area contributed by atoms with E-state index in [0.717, 1.165) is 11.3 Å². The lowest BCUT2D eigenvalue weighted by Gasteiger charge is -2.10. The fourth-order valence-corrected chi connectivity index (χ4v) is 1.61. The third kappa shape index (κ3) is 3.96. The van der Waals surface area contributed by atoms with Crippen LogP contribution in [-0.2, 0) is 6.42 Å². The van der Waals surface area contributed by atoms with Gasteiger partial charge in [-0.1, -0.05) is 18.2 Å². The number of aliphatic hydroxyl groups excluding tert-OH is 1. The van der Waals surface area contributed by atoms with E-state index < -0.39 is 6.10 Å². The minimum atomic E-state index is -0.392. The molecule has 0 bridgehead atoms. The monoisotopic (exact) mass is 232 g/mol. The van der Waals surface area contributed by atoms with Gasteiger partial charge in [0.15, 0.2) is 0 Å². The van der Waals surface area contributed by atoms with E-state index in [-0.39, 0.29) is 0 Å². The second-order valence-electron chi connectivity index (χ2n) is 3.94. The van der Waals surface area contributed by atoms with E-state index in [2.05, 4.69) is 0 Å². The van der Waals surface area contributed by atoms with Crippen LogP contribution in [0.2, 0.25) is 0 Å². The molecule has 1 atom stereocenters. The Labute approximate surface area is 101 Å². The highest BCUT2D eigenvalue weighted by atomic mass is 16.5. The number of aliphatic hydroxyl groups is 1. The van der Waals surface area contributed by atoms with Crippen molar-refractivity contribution in [1.29, 1.82) is 0 Å². The number of rotatable bonds is 6. The van der Waals surface area contributed by atoms with E-state index in [1.165, 1.54) is 0 Å². The molecule has 1 unspecified atom stereocenters. The van der Waals surface area contributed by atoms with Crippen LogP contribution in [-0.4, -0.2) is 17.8 Å². The van der Waals surface area contributed by atoms with Crippen molar-refractivity contribution in [1.82, 2.24) is 0 Å². The highest BCUT2D eigenvalue weighted by Gasteiger charge is 2.06. The summed E-state index contributed by atoms with van der Waals surface area (Å²) in [7, 11) is 0. The van der Waals surface area contributed by atoms with Crippen LogP contribution in [0.25, 0.3) is 0 Å². The van der Waals surface area contributed by atoms with E-state index in [1.54, 1.807) is 12.5 Å². The van der Waals surface area contributed by atoms with Gasteiger partial charge in [0.1, 0.15) is 5.75 Å². The van der Waals surface area contributed by atoms with Gasteiger partial charge >= 0.3 is 0 Å². The summed E-state index contributed by atoms with van der Waals surface area (Å²) in [5, 5.41) is 9.78. The Kier molecular flexibility index (Phi) is 4.22. The van der Waals surface area contributed by atoms with Gasteiger partial charge in [0.05, 0.1) is 25.2 Å². The zero-order valence-corrected chi connectivity index (χ0v) is 9.58. The van der Waals surface area contributed by atoms with Crippen molar-refractivity contribution < 1.29 is 14.3 Å². The van der Waals surface area contributed by atoms with Gasteiger partial charge < -0.3 is 14.3 Å². The van der Waals surface area contributed by atoms with E-state index in [9.17, 15) is 5.11 Å². The van der Waals surface area contributed by atoms with Crippen LogP contribution in [0.3, 0.4) is 0 Å². The van der Waals surface area contributed by atoms with Crippen molar-refractivity contribution in [3.05, 3.63) is 54.5 Å². The van der Waals surface area contributed by atoms with Gasteiger partial charge in [0, 0.05) is 12.8 Å². The minimum Gasteiger partial charge on any atom is -0.493 e. The van der Waals surface area contributed by atoms with Crippen LogP contribution in [0.1, 0.15) is 12.0 Å². The standard InChI is InChI=1S/C14H16O3/c15-13(10-12-6-8-16-11-12)7-9-17-14-4-2-1-3-5-14/h1-6,8,11,13,15H,7,9-10H2. The molecule has 0 radical (unpaired) electrons.